The van der Waals surface area contributed by atoms with Crippen molar-refractivity contribution in [2.24, 2.45) is 22.2 Å². The number of aliphatic carboxylic acids is 2. The number of nitrogens with two attached hydrogens (primary N) is 3. The van der Waals surface area contributed by atoms with Crippen molar-refractivity contribution in [1.82, 2.24) is 20.9 Å². The lowest BCUT2D eigenvalue weighted by Gasteiger charge is -2.24. The number of guanidine groups is 1. The van der Waals surface area contributed by atoms with E-state index in [4.69, 9.17) is 22.3 Å². The number of carbonyl (C=O) groups excluding carboxylic acids is 3. The number of hydrogen-bond donors (Lipinski definition) is 9. The molecule has 1 aromatic heterocycles. The summed E-state index contributed by atoms with van der Waals surface area (Å²) in [6.07, 6.45) is 1.57. The highest BCUT2D eigenvalue weighted by Crippen LogP contribution is 2.19. The van der Waals surface area contributed by atoms with Gasteiger partial charge in [0.25, 0.3) is 0 Å². The maximum atomic E-state index is 13.3. The van der Waals surface area contributed by atoms with Crippen molar-refractivity contribution in [3.8, 4) is 0 Å². The minimum absolute atomic E-state index is 0.0146. The number of carboxylic acids is 2. The molecule has 4 atom stereocenters. The van der Waals surface area contributed by atoms with Crippen LogP contribution in [0.15, 0.2) is 35.5 Å². The SMILES string of the molecule is CC(NC(=O)C(N)CCC(=O)O)C(=O)NC(Cc1c[nH]c2ccccc12)C(=O)NC(CCCN=C(N)N)C(=O)O. The quantitative estimate of drug-likeness (QED) is 0.0652. The van der Waals surface area contributed by atoms with Crippen LogP contribution in [-0.4, -0.2) is 81.5 Å². The van der Waals surface area contributed by atoms with Crippen molar-refractivity contribution in [3.63, 3.8) is 0 Å². The largest absolute Gasteiger partial charge is 0.481 e. The molecule has 2 aromatic rings. The third-order valence-corrected chi connectivity index (χ3v) is 6.05. The zero-order valence-electron chi connectivity index (χ0n) is 22.1. The first kappa shape index (κ1) is 31.6. The van der Waals surface area contributed by atoms with Crippen LogP contribution in [-0.2, 0) is 30.4 Å². The number of fused-ring (bicyclic) bond motifs is 1. The van der Waals surface area contributed by atoms with E-state index in [-0.39, 0.29) is 44.6 Å². The van der Waals surface area contributed by atoms with Crippen LogP contribution in [0.5, 0.6) is 0 Å². The van der Waals surface area contributed by atoms with E-state index in [1.807, 2.05) is 24.3 Å². The minimum atomic E-state index is -1.27. The summed E-state index contributed by atoms with van der Waals surface area (Å²) in [4.78, 5) is 67.9. The number of para-hydroxylation sites is 1. The van der Waals surface area contributed by atoms with Crippen LogP contribution in [0.1, 0.15) is 38.2 Å². The van der Waals surface area contributed by atoms with Gasteiger partial charge in [0.05, 0.1) is 6.04 Å². The van der Waals surface area contributed by atoms with E-state index < -0.39 is 53.8 Å². The maximum Gasteiger partial charge on any atom is 0.326 e. The van der Waals surface area contributed by atoms with Crippen molar-refractivity contribution in [3.05, 3.63) is 36.0 Å². The fourth-order valence-corrected chi connectivity index (χ4v) is 3.86. The van der Waals surface area contributed by atoms with Crippen molar-refractivity contribution in [2.75, 3.05) is 6.54 Å². The Morgan fingerprint density at radius 1 is 0.950 bits per heavy atom. The highest BCUT2D eigenvalue weighted by atomic mass is 16.4. The molecule has 0 aliphatic rings. The first-order chi connectivity index (χ1) is 18.9. The smallest absolute Gasteiger partial charge is 0.326 e. The Morgan fingerprint density at radius 2 is 1.62 bits per heavy atom. The van der Waals surface area contributed by atoms with E-state index in [0.717, 1.165) is 10.9 Å². The number of benzene rings is 1. The summed E-state index contributed by atoms with van der Waals surface area (Å²) < 4.78 is 0. The maximum absolute atomic E-state index is 13.3. The summed E-state index contributed by atoms with van der Waals surface area (Å²) in [6.45, 7) is 1.55. The number of H-pyrrole nitrogens is 1. The number of rotatable bonds is 16. The van der Waals surface area contributed by atoms with Crippen LogP contribution >= 0.6 is 0 Å². The van der Waals surface area contributed by atoms with Gasteiger partial charge >= 0.3 is 11.9 Å². The molecule has 40 heavy (non-hydrogen) atoms. The van der Waals surface area contributed by atoms with Gasteiger partial charge in [-0.25, -0.2) is 4.79 Å². The Bertz CT molecular complexity index is 1240. The Morgan fingerprint density at radius 3 is 2.27 bits per heavy atom. The van der Waals surface area contributed by atoms with Gasteiger partial charge in [0, 0.05) is 36.5 Å². The molecule has 15 nitrogen and oxygen atoms in total. The molecule has 1 aromatic carbocycles. The lowest BCUT2D eigenvalue weighted by atomic mass is 10.0. The molecule has 0 fully saturated rings. The summed E-state index contributed by atoms with van der Waals surface area (Å²) in [5, 5.41) is 26.6. The van der Waals surface area contributed by atoms with Gasteiger partial charge in [0.1, 0.15) is 18.1 Å². The Kier molecular flexibility index (Phi) is 11.9. The molecule has 0 aliphatic heterocycles. The van der Waals surface area contributed by atoms with Crippen LogP contribution in [0.25, 0.3) is 10.9 Å². The fourth-order valence-electron chi connectivity index (χ4n) is 3.86. The molecule has 12 N–H and O–H groups in total. The predicted octanol–water partition coefficient (Wildman–Crippen LogP) is -1.48. The molecule has 0 radical (unpaired) electrons. The van der Waals surface area contributed by atoms with E-state index >= 15 is 0 Å². The van der Waals surface area contributed by atoms with Crippen LogP contribution < -0.4 is 33.2 Å². The van der Waals surface area contributed by atoms with E-state index in [1.54, 1.807) is 6.20 Å². The summed E-state index contributed by atoms with van der Waals surface area (Å²) in [7, 11) is 0. The summed E-state index contributed by atoms with van der Waals surface area (Å²) >= 11 is 0. The third kappa shape index (κ3) is 9.90. The summed E-state index contributed by atoms with van der Waals surface area (Å²) in [5.41, 5.74) is 17.8. The monoisotopic (exact) mass is 560 g/mol. The van der Waals surface area contributed by atoms with Gasteiger partial charge in [-0.3, -0.25) is 24.2 Å². The van der Waals surface area contributed by atoms with Crippen molar-refractivity contribution in [2.45, 2.75) is 63.2 Å². The van der Waals surface area contributed by atoms with Crippen LogP contribution in [0.4, 0.5) is 0 Å². The topological polar surface area (TPSA) is 268 Å². The molecule has 0 saturated heterocycles. The normalized spacial score (nSPS) is 13.8. The van der Waals surface area contributed by atoms with Crippen LogP contribution in [0, 0.1) is 0 Å². The Hall–Kier alpha value is -4.66. The number of carboxylic acid groups (broad SMARTS) is 2. The van der Waals surface area contributed by atoms with Gasteiger partial charge in [-0.1, -0.05) is 18.2 Å². The molecular weight excluding hydrogens is 524 g/mol. The average Bonchev–Trinajstić information content (AvgIpc) is 3.30. The minimum Gasteiger partial charge on any atom is -0.481 e. The standard InChI is InChI=1S/C25H36N8O7/c1-13(31-22(37)16(26)8-9-20(34)35)21(36)33-19(11-14-12-30-17-6-3-2-5-15(14)17)23(38)32-18(24(39)40)7-4-10-29-25(27)28/h2-3,5-6,12-13,16,18-19,30H,4,7-11,26H2,1H3,(H,31,37)(H,32,38)(H,33,36)(H,34,35)(H,39,40)(H4,27,28,29). The van der Waals surface area contributed by atoms with Crippen LogP contribution in [0.3, 0.4) is 0 Å². The number of amides is 3. The number of aromatic nitrogens is 1. The predicted molar refractivity (Wildman–Crippen MR) is 146 cm³/mol. The molecule has 4 unspecified atom stereocenters. The van der Waals surface area contributed by atoms with Crippen molar-refractivity contribution in [1.29, 1.82) is 0 Å². The first-order valence-corrected chi connectivity index (χ1v) is 12.6. The molecule has 0 spiro atoms. The van der Waals surface area contributed by atoms with E-state index in [1.165, 1.54) is 6.92 Å². The second kappa shape index (κ2) is 15.1. The average molecular weight is 561 g/mol. The zero-order chi connectivity index (χ0) is 29.8. The number of nitrogens with one attached hydrogen (secondary N) is 4. The summed E-state index contributed by atoms with van der Waals surface area (Å²) in [5.74, 6) is -4.72. The summed E-state index contributed by atoms with van der Waals surface area (Å²) in [6, 6.07) is 2.58. The van der Waals surface area contributed by atoms with Gasteiger partial charge in [0.2, 0.25) is 17.7 Å². The lowest BCUT2D eigenvalue weighted by Crippen LogP contribution is -2.57. The second-order valence-electron chi connectivity index (χ2n) is 9.24. The van der Waals surface area contributed by atoms with Gasteiger partial charge in [-0.2, -0.15) is 0 Å². The molecule has 218 valence electrons. The van der Waals surface area contributed by atoms with E-state index in [9.17, 15) is 29.1 Å². The molecule has 0 aliphatic carbocycles. The molecule has 15 heteroatoms. The molecule has 1 heterocycles. The second-order valence-corrected chi connectivity index (χ2v) is 9.24. The third-order valence-electron chi connectivity index (χ3n) is 6.05. The van der Waals surface area contributed by atoms with Gasteiger partial charge in [-0.05, 0) is 37.8 Å². The Labute approximate surface area is 229 Å². The molecule has 3 amide bonds. The Balaban J connectivity index is 2.17. The number of hydrogen-bond acceptors (Lipinski definition) is 7. The fraction of sp³-hybridized carbons (Fsp3) is 0.440. The lowest BCUT2D eigenvalue weighted by molar-refractivity contribution is -0.142. The van der Waals surface area contributed by atoms with E-state index in [2.05, 4.69) is 25.9 Å². The van der Waals surface area contributed by atoms with Gasteiger partial charge in [0.15, 0.2) is 5.96 Å². The molecule has 0 bridgehead atoms. The number of aliphatic imine (C=N–C) groups is 1. The molecular formula is C25H36N8O7. The van der Waals surface area contributed by atoms with Gasteiger partial charge < -0.3 is 48.3 Å². The van der Waals surface area contributed by atoms with E-state index in [0.29, 0.717) is 5.56 Å². The molecule has 0 saturated carbocycles. The molecule has 2 rings (SSSR count). The highest BCUT2D eigenvalue weighted by Gasteiger charge is 2.29. The van der Waals surface area contributed by atoms with Crippen molar-refractivity contribution < 1.29 is 34.2 Å². The van der Waals surface area contributed by atoms with Crippen LogP contribution in [0.2, 0.25) is 0 Å². The highest BCUT2D eigenvalue weighted by molar-refractivity contribution is 5.94. The zero-order valence-corrected chi connectivity index (χ0v) is 22.1. The number of nitrogens with zero attached hydrogens (tertiary/aromatic N) is 1. The number of aromatic amines is 1. The number of carbonyl (C=O) groups is 5. The van der Waals surface area contributed by atoms with Gasteiger partial charge in [-0.15, -0.1) is 0 Å². The van der Waals surface area contributed by atoms with Crippen molar-refractivity contribution >= 4 is 46.5 Å². The first-order valence-electron chi connectivity index (χ1n) is 12.6.